The number of nitrogens with zero attached hydrogens (tertiary/aromatic N) is 1. The average molecular weight is 716 g/mol. The standard InChI is InChI=1S/C37H31ClFN3O7S/c38-28-9-6-25(7-10-28)22-42(35(43)23-47-31-15-17-32(18-16-31)50(45,46)41-30-13-11-29(39)12-14-30)36(27-4-2-1-3-5-27)37(44)40-21-26-8-19-33-34(20-26)49-24-48-33/h1-20,36,41H,21-24H2,(H,40,44). The van der Waals surface area contributed by atoms with E-state index in [1.807, 2.05) is 12.1 Å². The number of ether oxygens (including phenoxy) is 3. The molecule has 0 saturated heterocycles. The molecule has 0 aromatic heterocycles. The van der Waals surface area contributed by atoms with E-state index in [1.165, 1.54) is 41.3 Å². The highest BCUT2D eigenvalue weighted by Crippen LogP contribution is 2.33. The van der Waals surface area contributed by atoms with Crippen LogP contribution in [0.3, 0.4) is 0 Å². The normalized spacial score (nSPS) is 12.5. The van der Waals surface area contributed by atoms with Gasteiger partial charge in [0.1, 0.15) is 17.6 Å². The molecule has 13 heteroatoms. The van der Waals surface area contributed by atoms with E-state index in [0.717, 1.165) is 23.3 Å². The van der Waals surface area contributed by atoms with Crippen molar-refractivity contribution in [2.75, 3.05) is 18.1 Å². The van der Waals surface area contributed by atoms with Gasteiger partial charge >= 0.3 is 0 Å². The summed E-state index contributed by atoms with van der Waals surface area (Å²) in [5.74, 6) is 0.0329. The van der Waals surface area contributed by atoms with Crippen molar-refractivity contribution in [1.82, 2.24) is 10.2 Å². The molecule has 0 saturated carbocycles. The lowest BCUT2D eigenvalue weighted by molar-refractivity contribution is -0.143. The lowest BCUT2D eigenvalue weighted by Crippen LogP contribution is -2.45. The molecule has 0 aliphatic carbocycles. The summed E-state index contributed by atoms with van der Waals surface area (Å²) < 4.78 is 58.0. The molecule has 5 aromatic carbocycles. The van der Waals surface area contributed by atoms with Crippen molar-refractivity contribution in [2.24, 2.45) is 0 Å². The fourth-order valence-corrected chi connectivity index (χ4v) is 6.41. The summed E-state index contributed by atoms with van der Waals surface area (Å²) in [6.45, 7) is -0.0957. The SMILES string of the molecule is O=C(NCc1ccc2c(c1)OCO2)C(c1ccccc1)N(Cc1ccc(Cl)cc1)C(=O)COc1ccc(S(=O)(=O)Nc2ccc(F)cc2)cc1. The van der Waals surface area contributed by atoms with Crippen molar-refractivity contribution in [2.45, 2.75) is 24.0 Å². The Morgan fingerprint density at radius 2 is 1.52 bits per heavy atom. The molecule has 0 spiro atoms. The van der Waals surface area contributed by atoms with Crippen LogP contribution in [0.25, 0.3) is 0 Å². The molecule has 2 N–H and O–H groups in total. The van der Waals surface area contributed by atoms with Crippen LogP contribution in [0.5, 0.6) is 17.2 Å². The molecule has 1 unspecified atom stereocenters. The summed E-state index contributed by atoms with van der Waals surface area (Å²) in [5, 5.41) is 3.48. The number of benzene rings is 5. The summed E-state index contributed by atoms with van der Waals surface area (Å²) in [6.07, 6.45) is 0. The van der Waals surface area contributed by atoms with E-state index in [4.69, 9.17) is 25.8 Å². The number of carbonyl (C=O) groups excluding carboxylic acids is 2. The summed E-state index contributed by atoms with van der Waals surface area (Å²) in [7, 11) is -3.98. The number of sulfonamides is 1. The molecular formula is C37H31ClFN3O7S. The number of hydrogen-bond donors (Lipinski definition) is 2. The number of carbonyl (C=O) groups is 2. The Hall–Kier alpha value is -5.59. The van der Waals surface area contributed by atoms with Crippen LogP contribution in [0.2, 0.25) is 5.02 Å². The summed E-state index contributed by atoms with van der Waals surface area (Å²) >= 11 is 6.12. The largest absolute Gasteiger partial charge is 0.484 e. The molecule has 256 valence electrons. The fourth-order valence-electron chi connectivity index (χ4n) is 5.23. The molecule has 10 nitrogen and oxygen atoms in total. The smallest absolute Gasteiger partial charge is 0.261 e. The van der Waals surface area contributed by atoms with E-state index >= 15 is 0 Å². The minimum Gasteiger partial charge on any atom is -0.484 e. The van der Waals surface area contributed by atoms with Crippen molar-refractivity contribution >= 4 is 39.1 Å². The third-order valence-electron chi connectivity index (χ3n) is 7.76. The first-order chi connectivity index (χ1) is 24.1. The van der Waals surface area contributed by atoms with Gasteiger partial charge in [-0.25, -0.2) is 12.8 Å². The molecule has 0 fully saturated rings. The van der Waals surface area contributed by atoms with Crippen molar-refractivity contribution in [3.63, 3.8) is 0 Å². The quantitative estimate of drug-likeness (QED) is 0.143. The van der Waals surface area contributed by atoms with Crippen molar-refractivity contribution in [1.29, 1.82) is 0 Å². The minimum atomic E-state index is -3.98. The maximum absolute atomic E-state index is 14.0. The molecule has 1 aliphatic rings. The van der Waals surface area contributed by atoms with Gasteiger partial charge < -0.3 is 24.4 Å². The Kier molecular flexibility index (Phi) is 10.5. The number of rotatable bonds is 13. The van der Waals surface area contributed by atoms with Crippen LogP contribution < -0.4 is 24.2 Å². The Balaban J connectivity index is 1.20. The van der Waals surface area contributed by atoms with Crippen molar-refractivity contribution in [3.8, 4) is 17.2 Å². The number of halogens is 2. The van der Waals surface area contributed by atoms with Crippen LogP contribution in [-0.2, 0) is 32.7 Å². The molecule has 1 atom stereocenters. The second kappa shape index (κ2) is 15.3. The topological polar surface area (TPSA) is 123 Å². The van der Waals surface area contributed by atoms with E-state index in [-0.39, 0.29) is 36.2 Å². The summed E-state index contributed by atoms with van der Waals surface area (Å²) in [4.78, 5) is 29.4. The van der Waals surface area contributed by atoms with Gasteiger partial charge in [-0.05, 0) is 89.5 Å². The van der Waals surface area contributed by atoms with E-state index in [9.17, 15) is 22.4 Å². The predicted molar refractivity (Wildman–Crippen MR) is 185 cm³/mol. The van der Waals surface area contributed by atoms with Crippen LogP contribution in [0.1, 0.15) is 22.7 Å². The van der Waals surface area contributed by atoms with Gasteiger partial charge in [0.05, 0.1) is 4.90 Å². The molecule has 50 heavy (non-hydrogen) atoms. The minimum absolute atomic E-state index is 0.0581. The second-order valence-corrected chi connectivity index (χ2v) is 13.4. The predicted octanol–water partition coefficient (Wildman–Crippen LogP) is 6.47. The number of nitrogens with one attached hydrogen (secondary N) is 2. The van der Waals surface area contributed by atoms with E-state index in [2.05, 4.69) is 10.0 Å². The number of hydrogen-bond acceptors (Lipinski definition) is 7. The van der Waals surface area contributed by atoms with Gasteiger partial charge in [0.25, 0.3) is 15.9 Å². The number of fused-ring (bicyclic) bond motifs is 1. The zero-order valence-corrected chi connectivity index (χ0v) is 28.0. The van der Waals surface area contributed by atoms with Gasteiger partial charge in [-0.1, -0.05) is 60.1 Å². The van der Waals surface area contributed by atoms with E-state index in [1.54, 1.807) is 60.7 Å². The summed E-state index contributed by atoms with van der Waals surface area (Å²) in [6, 6.07) is 30.6. The van der Waals surface area contributed by atoms with Gasteiger partial charge in [-0.2, -0.15) is 0 Å². The van der Waals surface area contributed by atoms with Crippen molar-refractivity contribution < 1.29 is 36.6 Å². The van der Waals surface area contributed by atoms with Crippen LogP contribution in [-0.4, -0.2) is 38.5 Å². The van der Waals surface area contributed by atoms with Crippen LogP contribution in [0.15, 0.2) is 126 Å². The first-order valence-electron chi connectivity index (χ1n) is 15.4. The maximum atomic E-state index is 14.0. The maximum Gasteiger partial charge on any atom is 0.261 e. The Labute approximate surface area is 293 Å². The Morgan fingerprint density at radius 3 is 2.24 bits per heavy atom. The van der Waals surface area contributed by atoms with Crippen LogP contribution >= 0.6 is 11.6 Å². The van der Waals surface area contributed by atoms with Gasteiger partial charge in [0.15, 0.2) is 18.1 Å². The van der Waals surface area contributed by atoms with Crippen LogP contribution in [0.4, 0.5) is 10.1 Å². The zero-order valence-electron chi connectivity index (χ0n) is 26.4. The Bertz CT molecular complexity index is 2070. The first-order valence-corrected chi connectivity index (χ1v) is 17.3. The van der Waals surface area contributed by atoms with E-state index < -0.39 is 40.3 Å². The van der Waals surface area contributed by atoms with E-state index in [0.29, 0.717) is 22.1 Å². The monoisotopic (exact) mass is 715 g/mol. The van der Waals surface area contributed by atoms with Gasteiger partial charge in [0.2, 0.25) is 12.7 Å². The Morgan fingerprint density at radius 1 is 0.840 bits per heavy atom. The van der Waals surface area contributed by atoms with Gasteiger partial charge in [-0.15, -0.1) is 0 Å². The molecule has 1 heterocycles. The number of amides is 2. The average Bonchev–Trinajstić information content (AvgIpc) is 3.60. The first kappa shape index (κ1) is 34.3. The molecular weight excluding hydrogens is 685 g/mol. The fraction of sp³-hybridized carbons (Fsp3) is 0.135. The van der Waals surface area contributed by atoms with Gasteiger partial charge in [0, 0.05) is 23.8 Å². The third-order valence-corrected chi connectivity index (χ3v) is 9.41. The molecule has 2 amide bonds. The highest BCUT2D eigenvalue weighted by atomic mass is 35.5. The lowest BCUT2D eigenvalue weighted by Gasteiger charge is -2.31. The molecule has 5 aromatic rings. The highest BCUT2D eigenvalue weighted by Gasteiger charge is 2.32. The third kappa shape index (κ3) is 8.52. The molecule has 6 rings (SSSR count). The van der Waals surface area contributed by atoms with Crippen LogP contribution in [0, 0.1) is 5.82 Å². The molecule has 1 aliphatic heterocycles. The highest BCUT2D eigenvalue weighted by molar-refractivity contribution is 7.92. The van der Waals surface area contributed by atoms with Crippen molar-refractivity contribution in [3.05, 3.63) is 149 Å². The molecule has 0 bridgehead atoms. The zero-order chi connectivity index (χ0) is 35.1. The number of anilines is 1. The van der Waals surface area contributed by atoms with Gasteiger partial charge in [-0.3, -0.25) is 14.3 Å². The molecule has 0 radical (unpaired) electrons. The second-order valence-electron chi connectivity index (χ2n) is 11.2. The summed E-state index contributed by atoms with van der Waals surface area (Å²) in [5.41, 5.74) is 2.30. The lowest BCUT2D eigenvalue weighted by atomic mass is 10.0.